The number of halogens is 4. The van der Waals surface area contributed by atoms with Crippen molar-refractivity contribution in [3.63, 3.8) is 0 Å². The first-order valence-corrected chi connectivity index (χ1v) is 5.09. The number of hydrogen-bond donors (Lipinski definition) is 1. The normalized spacial score (nSPS) is 11.6. The van der Waals surface area contributed by atoms with Gasteiger partial charge in [0.05, 0.1) is 5.75 Å². The van der Waals surface area contributed by atoms with Crippen LogP contribution in [0.2, 0.25) is 0 Å². The molecular weight excluding hydrogens is 260 g/mol. The number of alkyl halides is 4. The van der Waals surface area contributed by atoms with Crippen molar-refractivity contribution in [1.29, 1.82) is 0 Å². The van der Waals surface area contributed by atoms with Crippen molar-refractivity contribution in [3.05, 3.63) is 29.8 Å². The van der Waals surface area contributed by atoms with Crippen LogP contribution in [0.3, 0.4) is 0 Å². The molecule has 2 nitrogen and oxygen atoms in total. The molecule has 0 N–H and O–H groups in total. The Kier molecular flexibility index (Phi) is 4.39. The van der Waals surface area contributed by atoms with E-state index in [9.17, 15) is 22.4 Å². The first-order valence-electron chi connectivity index (χ1n) is 4.46. The minimum absolute atomic E-state index is 0.0718. The topological polar surface area (TPSA) is 26.3 Å². The Morgan fingerprint density at radius 3 is 2.59 bits per heavy atom. The zero-order valence-corrected chi connectivity index (χ0v) is 9.26. The first-order chi connectivity index (χ1) is 7.86. The minimum Gasteiger partial charge on any atom is -0.428 e. The van der Waals surface area contributed by atoms with Crippen LogP contribution < -0.4 is 4.74 Å². The van der Waals surface area contributed by atoms with E-state index < -0.39 is 24.1 Å². The lowest BCUT2D eigenvalue weighted by Crippen LogP contribution is -2.33. The maximum absolute atomic E-state index is 12.6. The molecule has 0 amide bonds. The van der Waals surface area contributed by atoms with Crippen molar-refractivity contribution in [2.75, 3.05) is 5.75 Å². The molecule has 0 bridgehead atoms. The second kappa shape index (κ2) is 5.39. The number of rotatable bonds is 5. The van der Waals surface area contributed by atoms with Crippen LogP contribution in [-0.4, -0.2) is 24.1 Å². The third-order valence-electron chi connectivity index (χ3n) is 1.81. The Morgan fingerprint density at radius 2 is 2.06 bits per heavy atom. The Bertz CT molecular complexity index is 409. The fourth-order valence-electron chi connectivity index (χ4n) is 1.03. The summed E-state index contributed by atoms with van der Waals surface area (Å²) < 4.78 is 52.7. The summed E-state index contributed by atoms with van der Waals surface area (Å²) in [4.78, 5) is 11.2. The SMILES string of the molecule is O=C(CS)c1cccc(OC(F)(F)C(F)F)c1. The fourth-order valence-corrected chi connectivity index (χ4v) is 1.21. The molecule has 0 aliphatic carbocycles. The summed E-state index contributed by atoms with van der Waals surface area (Å²) in [5, 5.41) is 0. The Labute approximate surface area is 100.0 Å². The molecule has 0 aliphatic rings. The van der Waals surface area contributed by atoms with E-state index in [2.05, 4.69) is 17.4 Å². The number of Topliss-reactive ketones (excluding diaryl/α,β-unsaturated/α-hetero) is 1. The van der Waals surface area contributed by atoms with E-state index in [-0.39, 0.29) is 11.3 Å². The molecule has 0 unspecified atom stereocenters. The number of carbonyl (C=O) groups excluding carboxylic acids is 1. The van der Waals surface area contributed by atoms with Gasteiger partial charge in [-0.25, -0.2) is 0 Å². The number of ketones is 1. The molecule has 0 spiro atoms. The Hall–Kier alpha value is -1.24. The van der Waals surface area contributed by atoms with Gasteiger partial charge in [-0.2, -0.15) is 30.2 Å². The van der Waals surface area contributed by atoms with E-state index in [1.54, 1.807) is 0 Å². The molecule has 0 saturated carbocycles. The molecule has 0 radical (unpaired) electrons. The van der Waals surface area contributed by atoms with Crippen LogP contribution in [0.4, 0.5) is 17.6 Å². The van der Waals surface area contributed by atoms with Crippen LogP contribution in [0, 0.1) is 0 Å². The van der Waals surface area contributed by atoms with Crippen LogP contribution in [0.25, 0.3) is 0 Å². The zero-order chi connectivity index (χ0) is 13.1. The maximum Gasteiger partial charge on any atom is 0.461 e. The van der Waals surface area contributed by atoms with Crippen molar-refractivity contribution in [3.8, 4) is 5.75 Å². The highest BCUT2D eigenvalue weighted by Crippen LogP contribution is 2.27. The molecule has 0 heterocycles. The monoisotopic (exact) mass is 268 g/mol. The van der Waals surface area contributed by atoms with Crippen LogP contribution in [0.5, 0.6) is 5.75 Å². The molecule has 0 atom stereocenters. The quantitative estimate of drug-likeness (QED) is 0.504. The summed E-state index contributed by atoms with van der Waals surface area (Å²) in [5.41, 5.74) is 0.0718. The smallest absolute Gasteiger partial charge is 0.428 e. The van der Waals surface area contributed by atoms with E-state index in [4.69, 9.17) is 0 Å². The van der Waals surface area contributed by atoms with Crippen molar-refractivity contribution in [2.45, 2.75) is 12.5 Å². The number of ether oxygens (including phenoxy) is 1. The van der Waals surface area contributed by atoms with Gasteiger partial charge >= 0.3 is 12.5 Å². The molecule has 17 heavy (non-hydrogen) atoms. The van der Waals surface area contributed by atoms with Gasteiger partial charge in [0.1, 0.15) is 5.75 Å². The van der Waals surface area contributed by atoms with Gasteiger partial charge in [0.15, 0.2) is 5.78 Å². The first kappa shape index (κ1) is 13.8. The van der Waals surface area contributed by atoms with Gasteiger partial charge in [0.25, 0.3) is 0 Å². The van der Waals surface area contributed by atoms with Crippen molar-refractivity contribution in [2.24, 2.45) is 0 Å². The summed E-state index contributed by atoms with van der Waals surface area (Å²) in [6.07, 6.45) is -8.52. The van der Waals surface area contributed by atoms with Gasteiger partial charge in [-0.1, -0.05) is 12.1 Å². The summed E-state index contributed by atoms with van der Waals surface area (Å²) in [6.45, 7) is 0. The second-order valence-corrected chi connectivity index (χ2v) is 3.39. The number of thiol groups is 1. The van der Waals surface area contributed by atoms with Crippen molar-refractivity contribution in [1.82, 2.24) is 0 Å². The van der Waals surface area contributed by atoms with Gasteiger partial charge in [-0.3, -0.25) is 4.79 Å². The molecule has 7 heteroatoms. The highest BCUT2D eigenvalue weighted by molar-refractivity contribution is 7.81. The predicted molar refractivity (Wildman–Crippen MR) is 56.2 cm³/mol. The maximum atomic E-state index is 12.6. The van der Waals surface area contributed by atoms with Gasteiger partial charge in [0.2, 0.25) is 0 Å². The number of hydrogen-bond acceptors (Lipinski definition) is 3. The minimum atomic E-state index is -4.58. The van der Waals surface area contributed by atoms with Gasteiger partial charge in [0, 0.05) is 5.56 Å². The third kappa shape index (κ3) is 3.62. The highest BCUT2D eigenvalue weighted by Gasteiger charge is 2.43. The van der Waals surface area contributed by atoms with Gasteiger partial charge in [-0.05, 0) is 12.1 Å². The molecule has 94 valence electrons. The van der Waals surface area contributed by atoms with Crippen molar-refractivity contribution >= 4 is 18.4 Å². The zero-order valence-electron chi connectivity index (χ0n) is 8.37. The van der Waals surface area contributed by atoms with E-state index in [1.165, 1.54) is 12.1 Å². The fraction of sp³-hybridized carbons (Fsp3) is 0.300. The van der Waals surface area contributed by atoms with Crippen LogP contribution in [0.1, 0.15) is 10.4 Å². The molecule has 0 aromatic heterocycles. The Morgan fingerprint density at radius 1 is 1.41 bits per heavy atom. The summed E-state index contributed by atoms with van der Waals surface area (Å²) in [6, 6.07) is 4.64. The molecule has 0 fully saturated rings. The van der Waals surface area contributed by atoms with E-state index in [1.807, 2.05) is 0 Å². The molecule has 1 aromatic rings. The van der Waals surface area contributed by atoms with E-state index >= 15 is 0 Å². The standard InChI is InChI=1S/C10H8F4O2S/c11-9(12)10(13,14)16-7-3-1-2-6(4-7)8(15)5-17/h1-4,9,17H,5H2. The molecule has 1 rings (SSSR count). The molecule has 0 saturated heterocycles. The lowest BCUT2D eigenvalue weighted by molar-refractivity contribution is -0.253. The van der Waals surface area contributed by atoms with Crippen LogP contribution in [-0.2, 0) is 0 Å². The van der Waals surface area contributed by atoms with Crippen LogP contribution in [0.15, 0.2) is 24.3 Å². The second-order valence-electron chi connectivity index (χ2n) is 3.07. The van der Waals surface area contributed by atoms with Crippen LogP contribution >= 0.6 is 12.6 Å². The average molecular weight is 268 g/mol. The van der Waals surface area contributed by atoms with Gasteiger partial charge in [-0.15, -0.1) is 0 Å². The molecule has 1 aromatic carbocycles. The molecule has 0 aliphatic heterocycles. The number of benzene rings is 1. The highest BCUT2D eigenvalue weighted by atomic mass is 32.1. The summed E-state index contributed by atoms with van der Waals surface area (Å²) >= 11 is 3.72. The predicted octanol–water partition coefficient (Wildman–Crippen LogP) is 3.04. The largest absolute Gasteiger partial charge is 0.461 e. The lowest BCUT2D eigenvalue weighted by Gasteiger charge is -2.16. The number of carbonyl (C=O) groups is 1. The summed E-state index contributed by atoms with van der Waals surface area (Å²) in [7, 11) is 0. The van der Waals surface area contributed by atoms with Crippen molar-refractivity contribution < 1.29 is 27.1 Å². The van der Waals surface area contributed by atoms with Gasteiger partial charge < -0.3 is 4.74 Å². The lowest BCUT2D eigenvalue weighted by atomic mass is 10.1. The third-order valence-corrected chi connectivity index (χ3v) is 2.09. The average Bonchev–Trinajstić information content (AvgIpc) is 2.27. The van der Waals surface area contributed by atoms with E-state index in [0.717, 1.165) is 12.1 Å². The summed E-state index contributed by atoms with van der Waals surface area (Å²) in [5.74, 6) is -1.03. The Balaban J connectivity index is 2.90. The molecular formula is C10H8F4O2S. The van der Waals surface area contributed by atoms with E-state index in [0.29, 0.717) is 0 Å².